The minimum absolute atomic E-state index is 0.0461. The van der Waals surface area contributed by atoms with Crippen molar-refractivity contribution < 1.29 is 17.9 Å². The van der Waals surface area contributed by atoms with E-state index in [0.717, 1.165) is 15.6 Å². The number of para-hydroxylation sites is 1. The largest absolute Gasteiger partial charge is 0.491 e. The first-order chi connectivity index (χ1) is 15.7. The van der Waals surface area contributed by atoms with Gasteiger partial charge >= 0.3 is 0 Å². The third-order valence-electron chi connectivity index (χ3n) is 4.74. The van der Waals surface area contributed by atoms with Crippen LogP contribution in [0.25, 0.3) is 0 Å². The molecular formula is C24H24Cl2N2O4S. The van der Waals surface area contributed by atoms with Crippen LogP contribution in [0.5, 0.6) is 5.75 Å². The molecule has 0 aliphatic carbocycles. The van der Waals surface area contributed by atoms with Crippen LogP contribution < -0.4 is 14.4 Å². The summed E-state index contributed by atoms with van der Waals surface area (Å²) in [6, 6.07) is 19.5. The van der Waals surface area contributed by atoms with Crippen molar-refractivity contribution in [3.05, 3.63) is 88.4 Å². The van der Waals surface area contributed by atoms with Crippen LogP contribution in [0.3, 0.4) is 0 Å². The van der Waals surface area contributed by atoms with Gasteiger partial charge in [0.05, 0.1) is 16.6 Å². The lowest BCUT2D eigenvalue weighted by atomic mass is 10.2. The Bertz CT molecular complexity index is 1200. The predicted octanol–water partition coefficient (Wildman–Crippen LogP) is 5.08. The first-order valence-electron chi connectivity index (χ1n) is 10.2. The van der Waals surface area contributed by atoms with E-state index in [1.54, 1.807) is 25.1 Å². The van der Waals surface area contributed by atoms with E-state index in [4.69, 9.17) is 27.9 Å². The quantitative estimate of drug-likeness (QED) is 0.438. The molecule has 1 atom stereocenters. The number of sulfonamides is 1. The Hall–Kier alpha value is -2.74. The lowest BCUT2D eigenvalue weighted by Crippen LogP contribution is -2.45. The number of nitrogens with zero attached hydrogens (tertiary/aromatic N) is 1. The number of nitrogens with one attached hydrogen (secondary N) is 1. The summed E-state index contributed by atoms with van der Waals surface area (Å²) in [4.78, 5) is 12.9. The molecule has 0 aliphatic rings. The summed E-state index contributed by atoms with van der Waals surface area (Å²) in [5, 5.41) is 3.30. The van der Waals surface area contributed by atoms with Gasteiger partial charge in [-0.05, 0) is 55.8 Å². The van der Waals surface area contributed by atoms with Gasteiger partial charge in [0.2, 0.25) is 5.91 Å². The van der Waals surface area contributed by atoms with Gasteiger partial charge in [0.15, 0.2) is 0 Å². The van der Waals surface area contributed by atoms with Gasteiger partial charge in [-0.15, -0.1) is 0 Å². The number of amides is 1. The maximum atomic E-state index is 13.4. The zero-order valence-corrected chi connectivity index (χ0v) is 20.5. The molecule has 33 heavy (non-hydrogen) atoms. The highest BCUT2D eigenvalue weighted by molar-refractivity contribution is 7.92. The normalized spacial score (nSPS) is 12.1. The molecule has 1 N–H and O–H groups in total. The lowest BCUT2D eigenvalue weighted by Gasteiger charge is -2.25. The Kier molecular flexibility index (Phi) is 8.24. The molecule has 0 saturated heterocycles. The van der Waals surface area contributed by atoms with Crippen molar-refractivity contribution in [3.8, 4) is 5.75 Å². The van der Waals surface area contributed by atoms with Gasteiger partial charge in [0.25, 0.3) is 10.0 Å². The van der Waals surface area contributed by atoms with Gasteiger partial charge in [0.1, 0.15) is 18.9 Å². The smallest absolute Gasteiger partial charge is 0.264 e. The molecule has 0 saturated carbocycles. The lowest BCUT2D eigenvalue weighted by molar-refractivity contribution is -0.120. The fraction of sp³-hybridized carbons (Fsp3) is 0.208. The molecule has 0 heterocycles. The van der Waals surface area contributed by atoms with Crippen molar-refractivity contribution in [2.45, 2.75) is 24.8 Å². The molecule has 9 heteroatoms. The van der Waals surface area contributed by atoms with E-state index in [2.05, 4.69) is 5.32 Å². The molecule has 3 aromatic rings. The van der Waals surface area contributed by atoms with E-state index in [-0.39, 0.29) is 33.3 Å². The number of ether oxygens (including phenoxy) is 1. The summed E-state index contributed by atoms with van der Waals surface area (Å²) in [6.07, 6.45) is 0. The van der Waals surface area contributed by atoms with E-state index >= 15 is 0 Å². The average molecular weight is 507 g/mol. The Balaban J connectivity index is 1.78. The second kappa shape index (κ2) is 10.9. The van der Waals surface area contributed by atoms with Gasteiger partial charge < -0.3 is 10.1 Å². The standard InChI is InChI=1S/C24H24Cl2N2O4S/c1-17-8-6-7-11-23(17)32-16-18(2)27-24(29)15-28(21-13-19(25)12-20(26)14-21)33(30,31)22-9-4-3-5-10-22/h3-14,18H,15-16H2,1-2H3,(H,27,29). The number of anilines is 1. The highest BCUT2D eigenvalue weighted by Gasteiger charge is 2.28. The highest BCUT2D eigenvalue weighted by Crippen LogP contribution is 2.29. The number of carbonyl (C=O) groups excluding carboxylic acids is 1. The number of aryl methyl sites for hydroxylation is 1. The summed E-state index contributed by atoms with van der Waals surface area (Å²) < 4.78 is 33.5. The zero-order valence-electron chi connectivity index (χ0n) is 18.2. The SMILES string of the molecule is Cc1ccccc1OCC(C)NC(=O)CN(c1cc(Cl)cc(Cl)c1)S(=O)(=O)c1ccccc1. The van der Waals surface area contributed by atoms with E-state index in [9.17, 15) is 13.2 Å². The van der Waals surface area contributed by atoms with Gasteiger partial charge in [-0.3, -0.25) is 9.10 Å². The van der Waals surface area contributed by atoms with Gasteiger partial charge in [0, 0.05) is 10.0 Å². The van der Waals surface area contributed by atoms with Crippen LogP contribution in [-0.4, -0.2) is 33.5 Å². The average Bonchev–Trinajstić information content (AvgIpc) is 2.76. The van der Waals surface area contributed by atoms with Crippen molar-refractivity contribution in [2.24, 2.45) is 0 Å². The van der Waals surface area contributed by atoms with Crippen LogP contribution in [0.1, 0.15) is 12.5 Å². The third kappa shape index (κ3) is 6.63. The van der Waals surface area contributed by atoms with Crippen LogP contribution in [0.15, 0.2) is 77.7 Å². The second-order valence-corrected chi connectivity index (χ2v) is 10.2. The first kappa shape index (κ1) is 24.9. The van der Waals surface area contributed by atoms with Crippen molar-refractivity contribution >= 4 is 44.8 Å². The van der Waals surface area contributed by atoms with Gasteiger partial charge in [-0.25, -0.2) is 8.42 Å². The molecule has 0 aromatic heterocycles. The molecule has 0 aliphatic heterocycles. The molecule has 6 nitrogen and oxygen atoms in total. The summed E-state index contributed by atoms with van der Waals surface area (Å²) in [7, 11) is -4.06. The fourth-order valence-electron chi connectivity index (χ4n) is 3.14. The number of benzene rings is 3. The van der Waals surface area contributed by atoms with E-state index in [0.29, 0.717) is 0 Å². The van der Waals surface area contributed by atoms with Crippen molar-refractivity contribution in [1.29, 1.82) is 0 Å². The van der Waals surface area contributed by atoms with Gasteiger partial charge in [-0.1, -0.05) is 59.6 Å². The molecule has 1 amide bonds. The first-order valence-corrected chi connectivity index (χ1v) is 12.4. The van der Waals surface area contributed by atoms with E-state index in [1.807, 2.05) is 31.2 Å². The predicted molar refractivity (Wildman–Crippen MR) is 132 cm³/mol. The Labute approximate surface area is 204 Å². The molecule has 0 spiro atoms. The van der Waals surface area contributed by atoms with E-state index < -0.39 is 22.5 Å². The van der Waals surface area contributed by atoms with Crippen LogP contribution >= 0.6 is 23.2 Å². The molecular weight excluding hydrogens is 483 g/mol. The second-order valence-electron chi connectivity index (χ2n) is 7.50. The molecule has 3 aromatic carbocycles. The van der Waals surface area contributed by atoms with Crippen LogP contribution in [-0.2, 0) is 14.8 Å². The van der Waals surface area contributed by atoms with Crippen LogP contribution in [0.4, 0.5) is 5.69 Å². The fourth-order valence-corrected chi connectivity index (χ4v) is 5.08. The van der Waals surface area contributed by atoms with Crippen LogP contribution in [0, 0.1) is 6.92 Å². The number of rotatable bonds is 9. The monoisotopic (exact) mass is 506 g/mol. The van der Waals surface area contributed by atoms with Crippen LogP contribution in [0.2, 0.25) is 10.0 Å². The maximum absolute atomic E-state index is 13.4. The third-order valence-corrected chi connectivity index (χ3v) is 6.97. The number of carbonyl (C=O) groups is 1. The summed E-state index contributed by atoms with van der Waals surface area (Å²) in [5.41, 5.74) is 1.17. The molecule has 0 radical (unpaired) electrons. The van der Waals surface area contributed by atoms with Crippen molar-refractivity contribution in [1.82, 2.24) is 5.32 Å². The maximum Gasteiger partial charge on any atom is 0.264 e. The van der Waals surface area contributed by atoms with E-state index in [1.165, 1.54) is 30.3 Å². The summed E-state index contributed by atoms with van der Waals surface area (Å²) >= 11 is 12.2. The molecule has 0 fully saturated rings. The molecule has 0 bridgehead atoms. The number of hydrogen-bond donors (Lipinski definition) is 1. The number of halogens is 2. The molecule has 1 unspecified atom stereocenters. The minimum atomic E-state index is -4.06. The molecule has 174 valence electrons. The number of hydrogen-bond acceptors (Lipinski definition) is 4. The Morgan fingerprint density at radius 3 is 2.24 bits per heavy atom. The van der Waals surface area contributed by atoms with Crippen molar-refractivity contribution in [2.75, 3.05) is 17.5 Å². The minimum Gasteiger partial charge on any atom is -0.491 e. The summed E-state index contributed by atoms with van der Waals surface area (Å²) in [5.74, 6) is 0.229. The highest BCUT2D eigenvalue weighted by atomic mass is 35.5. The van der Waals surface area contributed by atoms with Gasteiger partial charge in [-0.2, -0.15) is 0 Å². The Morgan fingerprint density at radius 2 is 1.61 bits per heavy atom. The topological polar surface area (TPSA) is 75.7 Å². The van der Waals surface area contributed by atoms with Crippen molar-refractivity contribution in [3.63, 3.8) is 0 Å². The molecule has 3 rings (SSSR count). The Morgan fingerprint density at radius 1 is 1.00 bits per heavy atom. The zero-order chi connectivity index (χ0) is 24.0. The summed E-state index contributed by atoms with van der Waals surface area (Å²) in [6.45, 7) is 3.48.